The summed E-state index contributed by atoms with van der Waals surface area (Å²) in [5, 5.41) is 12.1. The van der Waals surface area contributed by atoms with Crippen LogP contribution in [0.25, 0.3) is 0 Å². The molecule has 96 valence electrons. The van der Waals surface area contributed by atoms with Crippen molar-refractivity contribution >= 4 is 9.84 Å². The van der Waals surface area contributed by atoms with Crippen LogP contribution in [0, 0.1) is 0 Å². The third-order valence-electron chi connectivity index (χ3n) is 2.53. The van der Waals surface area contributed by atoms with Gasteiger partial charge in [0.15, 0.2) is 9.84 Å². The number of aliphatic hydroxyl groups is 1. The number of hydrogen-bond acceptors (Lipinski definition) is 4. The summed E-state index contributed by atoms with van der Waals surface area (Å²) < 4.78 is 22.5. The van der Waals surface area contributed by atoms with Gasteiger partial charge in [-0.25, -0.2) is 8.42 Å². The first-order valence-electron chi connectivity index (χ1n) is 5.67. The monoisotopic (exact) mass is 257 g/mol. The summed E-state index contributed by atoms with van der Waals surface area (Å²) in [5.74, 6) is 0.359. The SMILES string of the molecule is CCS(=O)(=O)CCNCc1cccc(CO)c1. The number of benzene rings is 1. The van der Waals surface area contributed by atoms with Gasteiger partial charge in [-0.1, -0.05) is 31.2 Å². The fraction of sp³-hybridized carbons (Fsp3) is 0.500. The second-order valence-electron chi connectivity index (χ2n) is 3.89. The lowest BCUT2D eigenvalue weighted by atomic mass is 10.1. The highest BCUT2D eigenvalue weighted by molar-refractivity contribution is 7.91. The lowest BCUT2D eigenvalue weighted by Crippen LogP contribution is -2.23. The Morgan fingerprint density at radius 3 is 2.65 bits per heavy atom. The summed E-state index contributed by atoms with van der Waals surface area (Å²) in [6.07, 6.45) is 0. The van der Waals surface area contributed by atoms with E-state index in [1.807, 2.05) is 24.3 Å². The Balaban J connectivity index is 2.36. The zero-order valence-corrected chi connectivity index (χ0v) is 10.8. The van der Waals surface area contributed by atoms with Crippen molar-refractivity contribution in [3.05, 3.63) is 35.4 Å². The van der Waals surface area contributed by atoms with Crippen LogP contribution in [-0.2, 0) is 23.0 Å². The van der Waals surface area contributed by atoms with Gasteiger partial charge in [-0.3, -0.25) is 0 Å². The average molecular weight is 257 g/mol. The summed E-state index contributed by atoms with van der Waals surface area (Å²) in [6.45, 7) is 2.75. The van der Waals surface area contributed by atoms with Crippen LogP contribution in [0.1, 0.15) is 18.1 Å². The van der Waals surface area contributed by atoms with Crippen molar-refractivity contribution in [3.63, 3.8) is 0 Å². The fourth-order valence-electron chi connectivity index (χ4n) is 1.44. The second kappa shape index (κ2) is 6.74. The highest BCUT2D eigenvalue weighted by atomic mass is 32.2. The van der Waals surface area contributed by atoms with Crippen molar-refractivity contribution in [2.45, 2.75) is 20.1 Å². The quantitative estimate of drug-likeness (QED) is 0.706. The van der Waals surface area contributed by atoms with Crippen LogP contribution in [0.2, 0.25) is 0 Å². The first-order chi connectivity index (χ1) is 8.07. The zero-order chi connectivity index (χ0) is 12.7. The highest BCUT2D eigenvalue weighted by Gasteiger charge is 2.05. The topological polar surface area (TPSA) is 66.4 Å². The third-order valence-corrected chi connectivity index (χ3v) is 4.24. The molecule has 0 amide bonds. The van der Waals surface area contributed by atoms with Crippen molar-refractivity contribution in [3.8, 4) is 0 Å². The molecule has 0 aliphatic heterocycles. The van der Waals surface area contributed by atoms with E-state index < -0.39 is 9.84 Å². The first kappa shape index (κ1) is 14.2. The van der Waals surface area contributed by atoms with E-state index in [0.717, 1.165) is 11.1 Å². The van der Waals surface area contributed by atoms with Crippen LogP contribution in [-0.4, -0.2) is 31.6 Å². The predicted octanol–water partition coefficient (Wildman–Crippen LogP) is 0.703. The molecule has 0 saturated carbocycles. The van der Waals surface area contributed by atoms with Gasteiger partial charge in [0.1, 0.15) is 0 Å². The molecule has 1 rings (SSSR count). The molecular weight excluding hydrogens is 238 g/mol. The van der Waals surface area contributed by atoms with Crippen LogP contribution in [0.5, 0.6) is 0 Å². The largest absolute Gasteiger partial charge is 0.392 e. The van der Waals surface area contributed by atoms with E-state index in [1.165, 1.54) is 0 Å². The molecule has 17 heavy (non-hydrogen) atoms. The standard InChI is InChI=1S/C12H19NO3S/c1-2-17(15,16)7-6-13-9-11-4-3-5-12(8-11)10-14/h3-5,8,13-14H,2,6-7,9-10H2,1H3. The molecule has 1 aromatic rings. The van der Waals surface area contributed by atoms with Gasteiger partial charge in [-0.2, -0.15) is 0 Å². The average Bonchev–Trinajstić information content (AvgIpc) is 2.35. The molecule has 0 aromatic heterocycles. The second-order valence-corrected chi connectivity index (χ2v) is 6.36. The number of aliphatic hydroxyl groups excluding tert-OH is 1. The minimum atomic E-state index is -2.89. The molecule has 0 aliphatic rings. The van der Waals surface area contributed by atoms with Gasteiger partial charge in [0.05, 0.1) is 12.4 Å². The van der Waals surface area contributed by atoms with Gasteiger partial charge in [-0.15, -0.1) is 0 Å². The van der Waals surface area contributed by atoms with Crippen molar-refractivity contribution in [2.24, 2.45) is 0 Å². The Labute approximate surface area is 103 Å². The summed E-state index contributed by atoms with van der Waals surface area (Å²) in [7, 11) is -2.89. The van der Waals surface area contributed by atoms with Crippen molar-refractivity contribution < 1.29 is 13.5 Å². The molecule has 1 aromatic carbocycles. The van der Waals surface area contributed by atoms with Gasteiger partial charge in [0.2, 0.25) is 0 Å². The summed E-state index contributed by atoms with van der Waals surface area (Å²) >= 11 is 0. The van der Waals surface area contributed by atoms with Crippen molar-refractivity contribution in [2.75, 3.05) is 18.1 Å². The predicted molar refractivity (Wildman–Crippen MR) is 68.4 cm³/mol. The Bertz CT molecular complexity index is 443. The molecule has 0 atom stereocenters. The minimum absolute atomic E-state index is 0.0258. The summed E-state index contributed by atoms with van der Waals surface area (Å²) in [6, 6.07) is 7.58. The van der Waals surface area contributed by atoms with Crippen LogP contribution >= 0.6 is 0 Å². The van der Waals surface area contributed by atoms with Gasteiger partial charge < -0.3 is 10.4 Å². The van der Waals surface area contributed by atoms with Crippen molar-refractivity contribution in [1.82, 2.24) is 5.32 Å². The Morgan fingerprint density at radius 2 is 2.00 bits per heavy atom. The van der Waals surface area contributed by atoms with Gasteiger partial charge in [0.25, 0.3) is 0 Å². The molecule has 0 unspecified atom stereocenters. The molecule has 0 spiro atoms. The number of hydrogen-bond donors (Lipinski definition) is 2. The molecule has 0 saturated heterocycles. The number of rotatable bonds is 7. The first-order valence-corrected chi connectivity index (χ1v) is 7.49. The molecule has 0 heterocycles. The maximum absolute atomic E-state index is 11.2. The molecule has 4 nitrogen and oxygen atoms in total. The summed E-state index contributed by atoms with van der Waals surface area (Å²) in [5.41, 5.74) is 1.91. The van der Waals surface area contributed by atoms with Gasteiger partial charge >= 0.3 is 0 Å². The maximum atomic E-state index is 11.2. The highest BCUT2D eigenvalue weighted by Crippen LogP contribution is 2.04. The molecule has 0 fully saturated rings. The normalized spacial score (nSPS) is 11.6. The van der Waals surface area contributed by atoms with E-state index in [2.05, 4.69) is 5.32 Å². The summed E-state index contributed by atoms with van der Waals surface area (Å²) in [4.78, 5) is 0. The van der Waals surface area contributed by atoms with Crippen LogP contribution in [0.4, 0.5) is 0 Å². The van der Waals surface area contributed by atoms with E-state index in [0.29, 0.717) is 13.1 Å². The Kier molecular flexibility index (Phi) is 5.61. The molecule has 2 N–H and O–H groups in total. The van der Waals surface area contributed by atoms with Crippen LogP contribution < -0.4 is 5.32 Å². The lowest BCUT2D eigenvalue weighted by molar-refractivity contribution is 0.281. The van der Waals surface area contributed by atoms with E-state index >= 15 is 0 Å². The minimum Gasteiger partial charge on any atom is -0.392 e. The fourth-order valence-corrected chi connectivity index (χ4v) is 2.19. The molecular formula is C12H19NO3S. The van der Waals surface area contributed by atoms with Crippen molar-refractivity contribution in [1.29, 1.82) is 0 Å². The van der Waals surface area contributed by atoms with Gasteiger partial charge in [0, 0.05) is 18.8 Å². The van der Waals surface area contributed by atoms with Crippen LogP contribution in [0.3, 0.4) is 0 Å². The maximum Gasteiger partial charge on any atom is 0.151 e. The van der Waals surface area contributed by atoms with E-state index in [9.17, 15) is 8.42 Å². The smallest absolute Gasteiger partial charge is 0.151 e. The lowest BCUT2D eigenvalue weighted by Gasteiger charge is -2.06. The molecule has 0 bridgehead atoms. The van der Waals surface area contributed by atoms with E-state index in [-0.39, 0.29) is 18.1 Å². The van der Waals surface area contributed by atoms with E-state index in [4.69, 9.17) is 5.11 Å². The molecule has 5 heteroatoms. The third kappa shape index (κ3) is 5.30. The molecule has 0 radical (unpaired) electrons. The number of nitrogens with one attached hydrogen (secondary N) is 1. The molecule has 0 aliphatic carbocycles. The van der Waals surface area contributed by atoms with E-state index in [1.54, 1.807) is 6.92 Å². The number of sulfone groups is 1. The Morgan fingerprint density at radius 1 is 1.29 bits per heavy atom. The Hall–Kier alpha value is -0.910. The van der Waals surface area contributed by atoms with Crippen LogP contribution in [0.15, 0.2) is 24.3 Å². The zero-order valence-electron chi connectivity index (χ0n) is 10.0. The van der Waals surface area contributed by atoms with Gasteiger partial charge in [-0.05, 0) is 11.1 Å².